The number of oxazole rings is 1. The molecule has 3 amide bonds. The van der Waals surface area contributed by atoms with Gasteiger partial charge in [-0.25, -0.2) is 4.79 Å². The lowest BCUT2D eigenvalue weighted by Crippen LogP contribution is -2.54. The summed E-state index contributed by atoms with van der Waals surface area (Å²) in [4.78, 5) is 52.4. The maximum atomic E-state index is 13.3. The lowest BCUT2D eigenvalue weighted by Gasteiger charge is -2.32. The van der Waals surface area contributed by atoms with Gasteiger partial charge >= 0.3 is 5.76 Å². The number of para-hydroxylation sites is 2. The average molecular weight is 428 g/mol. The highest BCUT2D eigenvalue weighted by Gasteiger charge is 2.43. The van der Waals surface area contributed by atoms with E-state index in [1.54, 1.807) is 43.0 Å². The summed E-state index contributed by atoms with van der Waals surface area (Å²) in [5.41, 5.74) is 0.473. The lowest BCUT2D eigenvalue weighted by atomic mass is 9.97. The number of nitrogens with zero attached hydrogens (tertiary/aromatic N) is 2. The zero-order valence-corrected chi connectivity index (χ0v) is 17.8. The van der Waals surface area contributed by atoms with Crippen molar-refractivity contribution >= 4 is 28.8 Å². The zero-order chi connectivity index (χ0) is 22.2. The van der Waals surface area contributed by atoms with E-state index in [9.17, 15) is 19.2 Å². The van der Waals surface area contributed by atoms with Crippen LogP contribution in [0.4, 0.5) is 0 Å². The average Bonchev–Trinajstić information content (AvgIpc) is 3.26. The van der Waals surface area contributed by atoms with E-state index in [0.29, 0.717) is 17.6 Å². The number of rotatable bonds is 4. The van der Waals surface area contributed by atoms with Gasteiger partial charge in [0.1, 0.15) is 12.6 Å². The Morgan fingerprint density at radius 3 is 2.65 bits per heavy atom. The SMILES string of the molecule is CC(C)C(=O)NC1CN(C(=O)Cn2c(=O)oc3ccccc32)CC2(CCCC2)NC1=O. The number of benzene rings is 1. The summed E-state index contributed by atoms with van der Waals surface area (Å²) in [7, 11) is 0. The molecule has 1 aliphatic heterocycles. The van der Waals surface area contributed by atoms with Crippen LogP contribution < -0.4 is 16.4 Å². The first-order valence-electron chi connectivity index (χ1n) is 10.8. The minimum Gasteiger partial charge on any atom is -0.408 e. The van der Waals surface area contributed by atoms with Gasteiger partial charge in [-0.2, -0.15) is 0 Å². The highest BCUT2D eigenvalue weighted by atomic mass is 16.4. The van der Waals surface area contributed by atoms with Crippen molar-refractivity contribution in [2.75, 3.05) is 13.1 Å². The van der Waals surface area contributed by atoms with Gasteiger partial charge in [0.15, 0.2) is 5.58 Å². The normalized spacial score (nSPS) is 20.8. The van der Waals surface area contributed by atoms with E-state index in [1.807, 2.05) is 0 Å². The number of hydrogen-bond donors (Lipinski definition) is 2. The lowest BCUT2D eigenvalue weighted by molar-refractivity contribution is -0.134. The number of nitrogens with one attached hydrogen (secondary N) is 2. The van der Waals surface area contributed by atoms with Crippen molar-refractivity contribution in [3.63, 3.8) is 0 Å². The Kier molecular flexibility index (Phi) is 5.60. The summed E-state index contributed by atoms with van der Waals surface area (Å²) in [6.07, 6.45) is 3.50. The molecule has 2 aromatic rings. The Balaban J connectivity index is 1.61. The fourth-order valence-corrected chi connectivity index (χ4v) is 4.49. The molecular formula is C22H28N4O5. The maximum absolute atomic E-state index is 13.3. The van der Waals surface area contributed by atoms with E-state index >= 15 is 0 Å². The molecule has 1 unspecified atom stereocenters. The van der Waals surface area contributed by atoms with E-state index in [-0.39, 0.29) is 36.7 Å². The van der Waals surface area contributed by atoms with Crippen LogP contribution in [0.1, 0.15) is 39.5 Å². The molecule has 0 radical (unpaired) electrons. The standard InChI is InChI=1S/C22H28N4O5/c1-14(2)19(28)23-15-11-25(13-22(24-20(15)29)9-5-6-10-22)18(27)12-26-16-7-3-4-8-17(16)31-21(26)30/h3-4,7-8,14-15H,5-6,9-13H2,1-2H3,(H,23,28)(H,24,29). The summed E-state index contributed by atoms with van der Waals surface area (Å²) >= 11 is 0. The van der Waals surface area contributed by atoms with Gasteiger partial charge in [0, 0.05) is 12.5 Å². The third-order valence-electron chi connectivity index (χ3n) is 6.22. The molecule has 1 aliphatic carbocycles. The van der Waals surface area contributed by atoms with Crippen LogP contribution in [-0.2, 0) is 20.9 Å². The number of amides is 3. The van der Waals surface area contributed by atoms with E-state index in [4.69, 9.17) is 4.42 Å². The van der Waals surface area contributed by atoms with Crippen LogP contribution in [0, 0.1) is 5.92 Å². The summed E-state index contributed by atoms with van der Waals surface area (Å²) in [5, 5.41) is 5.87. The van der Waals surface area contributed by atoms with Gasteiger partial charge < -0.3 is 20.0 Å². The number of fused-ring (bicyclic) bond motifs is 1. The molecular weight excluding hydrogens is 400 g/mol. The van der Waals surface area contributed by atoms with Crippen LogP contribution in [0.5, 0.6) is 0 Å². The van der Waals surface area contributed by atoms with E-state index in [0.717, 1.165) is 25.7 Å². The summed E-state index contributed by atoms with van der Waals surface area (Å²) in [6, 6.07) is 6.10. The van der Waals surface area contributed by atoms with Crippen molar-refractivity contribution in [2.24, 2.45) is 5.92 Å². The predicted molar refractivity (Wildman–Crippen MR) is 113 cm³/mol. The highest BCUT2D eigenvalue weighted by molar-refractivity contribution is 5.90. The molecule has 2 heterocycles. The first-order valence-corrected chi connectivity index (χ1v) is 10.8. The van der Waals surface area contributed by atoms with Crippen molar-refractivity contribution in [2.45, 2.75) is 57.7 Å². The van der Waals surface area contributed by atoms with Crippen molar-refractivity contribution in [1.82, 2.24) is 20.1 Å². The van der Waals surface area contributed by atoms with Crippen molar-refractivity contribution < 1.29 is 18.8 Å². The molecule has 4 rings (SSSR count). The minimum absolute atomic E-state index is 0.0649. The molecule has 1 saturated heterocycles. The first-order chi connectivity index (χ1) is 14.8. The van der Waals surface area contributed by atoms with Gasteiger partial charge in [-0.3, -0.25) is 19.0 Å². The van der Waals surface area contributed by atoms with Gasteiger partial charge in [0.05, 0.1) is 17.6 Å². The molecule has 1 atom stereocenters. The van der Waals surface area contributed by atoms with Crippen molar-refractivity contribution in [1.29, 1.82) is 0 Å². The molecule has 2 N–H and O–H groups in total. The molecule has 9 nitrogen and oxygen atoms in total. The minimum atomic E-state index is -0.836. The highest BCUT2D eigenvalue weighted by Crippen LogP contribution is 2.32. The molecule has 1 spiro atoms. The Labute approximate surface area is 179 Å². The second-order valence-electron chi connectivity index (χ2n) is 8.89. The molecule has 166 valence electrons. The largest absolute Gasteiger partial charge is 0.420 e. The number of hydrogen-bond acceptors (Lipinski definition) is 5. The molecule has 9 heteroatoms. The fourth-order valence-electron chi connectivity index (χ4n) is 4.49. The molecule has 31 heavy (non-hydrogen) atoms. The second-order valence-corrected chi connectivity index (χ2v) is 8.89. The van der Waals surface area contributed by atoms with Crippen molar-refractivity contribution in [3.8, 4) is 0 Å². The summed E-state index contributed by atoms with van der Waals surface area (Å²) in [5.74, 6) is -1.68. The van der Waals surface area contributed by atoms with E-state index in [2.05, 4.69) is 10.6 Å². The third kappa shape index (κ3) is 4.22. The molecule has 1 saturated carbocycles. The Bertz CT molecular complexity index is 1060. The molecule has 1 aromatic heterocycles. The molecule has 0 bridgehead atoms. The van der Waals surface area contributed by atoms with Crippen LogP contribution in [0.15, 0.2) is 33.5 Å². The monoisotopic (exact) mass is 428 g/mol. The first kappa shape index (κ1) is 21.1. The van der Waals surface area contributed by atoms with Crippen LogP contribution in [0.2, 0.25) is 0 Å². The fraction of sp³-hybridized carbons (Fsp3) is 0.545. The zero-order valence-electron chi connectivity index (χ0n) is 17.8. The predicted octanol–water partition coefficient (Wildman–Crippen LogP) is 1.01. The van der Waals surface area contributed by atoms with E-state index in [1.165, 1.54) is 4.57 Å². The molecule has 1 aromatic carbocycles. The van der Waals surface area contributed by atoms with Crippen LogP contribution in [-0.4, -0.2) is 51.9 Å². The topological polar surface area (TPSA) is 114 Å². The summed E-state index contributed by atoms with van der Waals surface area (Å²) < 4.78 is 6.54. The Hall–Kier alpha value is -3.10. The van der Waals surface area contributed by atoms with Gasteiger partial charge in [-0.05, 0) is 25.0 Å². The van der Waals surface area contributed by atoms with Gasteiger partial charge in [-0.1, -0.05) is 38.8 Å². The van der Waals surface area contributed by atoms with Gasteiger partial charge in [-0.15, -0.1) is 0 Å². The van der Waals surface area contributed by atoms with E-state index < -0.39 is 17.3 Å². The number of carbonyl (C=O) groups is 3. The summed E-state index contributed by atoms with van der Waals surface area (Å²) in [6.45, 7) is 3.74. The van der Waals surface area contributed by atoms with Gasteiger partial charge in [0.25, 0.3) is 0 Å². The third-order valence-corrected chi connectivity index (χ3v) is 6.22. The maximum Gasteiger partial charge on any atom is 0.420 e. The second kappa shape index (κ2) is 8.20. The number of aromatic nitrogens is 1. The number of carbonyl (C=O) groups excluding carboxylic acids is 3. The van der Waals surface area contributed by atoms with Crippen molar-refractivity contribution in [3.05, 3.63) is 34.8 Å². The smallest absolute Gasteiger partial charge is 0.408 e. The Morgan fingerprint density at radius 1 is 1.23 bits per heavy atom. The molecule has 2 fully saturated rings. The quantitative estimate of drug-likeness (QED) is 0.754. The molecule has 2 aliphatic rings. The Morgan fingerprint density at radius 2 is 1.94 bits per heavy atom. The van der Waals surface area contributed by atoms with Crippen LogP contribution in [0.3, 0.4) is 0 Å². The van der Waals surface area contributed by atoms with Crippen LogP contribution in [0.25, 0.3) is 11.1 Å². The van der Waals surface area contributed by atoms with Crippen LogP contribution >= 0.6 is 0 Å². The van der Waals surface area contributed by atoms with Gasteiger partial charge in [0.2, 0.25) is 17.7 Å².